The third kappa shape index (κ3) is 2.74. The molecule has 1 heterocycles. The summed E-state index contributed by atoms with van der Waals surface area (Å²) in [5.74, 6) is -2.00. The van der Waals surface area contributed by atoms with E-state index in [0.29, 0.717) is 4.47 Å². The maximum Gasteiger partial charge on any atom is 0.343 e. The quantitative estimate of drug-likeness (QED) is 0.892. The summed E-state index contributed by atoms with van der Waals surface area (Å²) in [5.41, 5.74) is -2.14. The molecule has 19 heavy (non-hydrogen) atoms. The normalized spacial score (nSPS) is 22.6. The molecule has 1 aromatic carbocycles. The zero-order valence-corrected chi connectivity index (χ0v) is 12.0. The molecule has 4 nitrogen and oxygen atoms in total. The SMILES string of the molecule is O=C(c1cc(Br)ccc1Cl)N1CCC(F)(C(=O)O)C1. The van der Waals surface area contributed by atoms with Gasteiger partial charge in [0.15, 0.2) is 0 Å². The van der Waals surface area contributed by atoms with Crippen LogP contribution in [-0.4, -0.2) is 40.6 Å². The van der Waals surface area contributed by atoms with Crippen molar-refractivity contribution in [3.8, 4) is 0 Å². The van der Waals surface area contributed by atoms with Crippen LogP contribution in [0.1, 0.15) is 16.8 Å². The zero-order valence-electron chi connectivity index (χ0n) is 9.70. The number of carbonyl (C=O) groups is 2. The first-order chi connectivity index (χ1) is 8.83. The Morgan fingerprint density at radius 3 is 2.74 bits per heavy atom. The molecule has 0 aliphatic carbocycles. The summed E-state index contributed by atoms with van der Waals surface area (Å²) in [4.78, 5) is 24.2. The number of halogens is 3. The Balaban J connectivity index is 2.22. The molecule has 0 spiro atoms. The largest absolute Gasteiger partial charge is 0.479 e. The van der Waals surface area contributed by atoms with Crippen molar-refractivity contribution in [2.24, 2.45) is 0 Å². The Hall–Kier alpha value is -1.14. The molecule has 102 valence electrons. The second-order valence-electron chi connectivity index (χ2n) is 4.37. The van der Waals surface area contributed by atoms with Crippen LogP contribution in [0.15, 0.2) is 22.7 Å². The number of nitrogens with zero attached hydrogens (tertiary/aromatic N) is 1. The van der Waals surface area contributed by atoms with Crippen molar-refractivity contribution >= 4 is 39.4 Å². The number of hydrogen-bond donors (Lipinski definition) is 1. The average Bonchev–Trinajstić information content (AvgIpc) is 2.76. The van der Waals surface area contributed by atoms with Gasteiger partial charge in [0.05, 0.1) is 17.1 Å². The van der Waals surface area contributed by atoms with Gasteiger partial charge in [0.2, 0.25) is 5.67 Å². The van der Waals surface area contributed by atoms with E-state index in [4.69, 9.17) is 16.7 Å². The predicted octanol–water partition coefficient (Wildman–Crippen LogP) is 2.74. The van der Waals surface area contributed by atoms with Crippen LogP contribution < -0.4 is 0 Å². The van der Waals surface area contributed by atoms with Crippen LogP contribution in [0.5, 0.6) is 0 Å². The van der Waals surface area contributed by atoms with Gasteiger partial charge in [0.25, 0.3) is 5.91 Å². The van der Waals surface area contributed by atoms with E-state index in [2.05, 4.69) is 15.9 Å². The molecule has 1 atom stereocenters. The Labute approximate surface area is 122 Å². The van der Waals surface area contributed by atoms with Crippen LogP contribution in [0.4, 0.5) is 4.39 Å². The van der Waals surface area contributed by atoms with Gasteiger partial charge in [-0.2, -0.15) is 0 Å². The number of benzene rings is 1. The second-order valence-corrected chi connectivity index (χ2v) is 5.69. The van der Waals surface area contributed by atoms with Crippen LogP contribution in [0.2, 0.25) is 5.02 Å². The fourth-order valence-electron chi connectivity index (χ4n) is 1.95. The highest BCUT2D eigenvalue weighted by atomic mass is 79.9. The van der Waals surface area contributed by atoms with Crippen molar-refractivity contribution < 1.29 is 19.1 Å². The number of alkyl halides is 1. The summed E-state index contributed by atoms with van der Waals surface area (Å²) in [6, 6.07) is 4.76. The third-order valence-electron chi connectivity index (χ3n) is 3.05. The Morgan fingerprint density at radius 1 is 1.47 bits per heavy atom. The van der Waals surface area contributed by atoms with E-state index in [9.17, 15) is 14.0 Å². The first kappa shape index (κ1) is 14.3. The number of rotatable bonds is 2. The van der Waals surface area contributed by atoms with Gasteiger partial charge in [0.1, 0.15) is 0 Å². The number of aliphatic carboxylic acids is 1. The third-order valence-corrected chi connectivity index (χ3v) is 3.87. The average molecular weight is 351 g/mol. The lowest BCUT2D eigenvalue weighted by Crippen LogP contribution is -2.39. The van der Waals surface area contributed by atoms with Gasteiger partial charge in [-0.15, -0.1) is 0 Å². The minimum absolute atomic E-state index is 0.0600. The van der Waals surface area contributed by atoms with Crippen LogP contribution in [0.25, 0.3) is 0 Å². The molecule has 1 N–H and O–H groups in total. The van der Waals surface area contributed by atoms with E-state index in [0.717, 1.165) is 0 Å². The minimum atomic E-state index is -2.37. The van der Waals surface area contributed by atoms with Crippen LogP contribution in [0, 0.1) is 0 Å². The monoisotopic (exact) mass is 349 g/mol. The van der Waals surface area contributed by atoms with Crippen molar-refractivity contribution in [1.29, 1.82) is 0 Å². The molecule has 0 aromatic heterocycles. The van der Waals surface area contributed by atoms with E-state index in [1.807, 2.05) is 0 Å². The van der Waals surface area contributed by atoms with Crippen LogP contribution >= 0.6 is 27.5 Å². The smallest absolute Gasteiger partial charge is 0.343 e. The molecule has 0 saturated carbocycles. The number of amides is 1. The predicted molar refractivity (Wildman–Crippen MR) is 71.1 cm³/mol. The summed E-state index contributed by atoms with van der Waals surface area (Å²) in [7, 11) is 0. The molecule has 7 heteroatoms. The lowest BCUT2D eigenvalue weighted by Gasteiger charge is -2.18. The van der Waals surface area contributed by atoms with Gasteiger partial charge < -0.3 is 10.0 Å². The highest BCUT2D eigenvalue weighted by molar-refractivity contribution is 9.10. The summed E-state index contributed by atoms with van der Waals surface area (Å²) in [6.07, 6.45) is -0.209. The summed E-state index contributed by atoms with van der Waals surface area (Å²) >= 11 is 9.15. The van der Waals surface area contributed by atoms with Crippen molar-refractivity contribution in [3.63, 3.8) is 0 Å². The fraction of sp³-hybridized carbons (Fsp3) is 0.333. The summed E-state index contributed by atoms with van der Waals surface area (Å²) in [6.45, 7) is -0.394. The van der Waals surface area contributed by atoms with Gasteiger partial charge in [-0.3, -0.25) is 4.79 Å². The van der Waals surface area contributed by atoms with Crippen LogP contribution in [0.3, 0.4) is 0 Å². The number of hydrogen-bond acceptors (Lipinski definition) is 2. The van der Waals surface area contributed by atoms with Gasteiger partial charge in [-0.05, 0) is 18.2 Å². The van der Waals surface area contributed by atoms with Gasteiger partial charge in [-0.25, -0.2) is 9.18 Å². The molecule has 1 aromatic rings. The molecule has 1 aliphatic rings. The van der Waals surface area contributed by atoms with E-state index in [1.54, 1.807) is 12.1 Å². The molecule has 0 radical (unpaired) electrons. The molecule has 1 amide bonds. The summed E-state index contributed by atoms with van der Waals surface area (Å²) < 4.78 is 14.6. The van der Waals surface area contributed by atoms with E-state index < -0.39 is 24.1 Å². The van der Waals surface area contributed by atoms with Crippen molar-refractivity contribution in [2.45, 2.75) is 12.1 Å². The van der Waals surface area contributed by atoms with E-state index in [-0.39, 0.29) is 23.6 Å². The second kappa shape index (κ2) is 5.09. The number of likely N-dealkylation sites (tertiary alicyclic amines) is 1. The molecular weight excluding hydrogens is 340 g/mol. The molecule has 2 rings (SSSR count). The number of carboxylic acids is 1. The maximum atomic E-state index is 13.9. The van der Waals surface area contributed by atoms with E-state index in [1.165, 1.54) is 11.0 Å². The number of carbonyl (C=O) groups excluding carboxylic acids is 1. The van der Waals surface area contributed by atoms with Crippen molar-refractivity contribution in [1.82, 2.24) is 4.90 Å². The molecule has 1 unspecified atom stereocenters. The van der Waals surface area contributed by atoms with Gasteiger partial charge in [0, 0.05) is 17.4 Å². The molecule has 1 saturated heterocycles. The van der Waals surface area contributed by atoms with E-state index >= 15 is 0 Å². The minimum Gasteiger partial charge on any atom is -0.479 e. The molecule has 1 fully saturated rings. The fourth-order valence-corrected chi connectivity index (χ4v) is 2.51. The highest BCUT2D eigenvalue weighted by Crippen LogP contribution is 2.29. The first-order valence-electron chi connectivity index (χ1n) is 5.50. The lowest BCUT2D eigenvalue weighted by atomic mass is 10.1. The first-order valence-corrected chi connectivity index (χ1v) is 6.67. The standard InChI is InChI=1S/C12H10BrClFNO3/c13-7-1-2-9(14)8(5-7)10(17)16-4-3-12(15,6-16)11(18)19/h1-2,5H,3-4,6H2,(H,18,19). The zero-order chi connectivity index (χ0) is 14.2. The topological polar surface area (TPSA) is 57.6 Å². The maximum absolute atomic E-state index is 13.9. The van der Waals surface area contributed by atoms with Crippen molar-refractivity contribution in [3.05, 3.63) is 33.3 Å². The Bertz CT molecular complexity index is 554. The van der Waals surface area contributed by atoms with Gasteiger partial charge >= 0.3 is 5.97 Å². The lowest BCUT2D eigenvalue weighted by molar-refractivity contribution is -0.149. The summed E-state index contributed by atoms with van der Waals surface area (Å²) in [5, 5.41) is 9.04. The molecule has 1 aliphatic heterocycles. The highest BCUT2D eigenvalue weighted by Gasteiger charge is 2.47. The number of carboxylic acid groups (broad SMARTS) is 1. The van der Waals surface area contributed by atoms with Crippen LogP contribution in [-0.2, 0) is 4.79 Å². The Morgan fingerprint density at radius 2 is 2.16 bits per heavy atom. The molecule has 0 bridgehead atoms. The Kier molecular flexibility index (Phi) is 3.82. The van der Waals surface area contributed by atoms with Gasteiger partial charge in [-0.1, -0.05) is 27.5 Å². The molecular formula is C12H10BrClFNO3. The van der Waals surface area contributed by atoms with Crippen molar-refractivity contribution in [2.75, 3.05) is 13.1 Å².